The normalized spacial score (nSPS) is 19.1. The Morgan fingerprint density at radius 3 is 2.38 bits per heavy atom. The quantitative estimate of drug-likeness (QED) is 0.549. The fourth-order valence-electron chi connectivity index (χ4n) is 4.79. The summed E-state index contributed by atoms with van der Waals surface area (Å²) < 4.78 is 7.03. The largest absolute Gasteiger partial charge is 0.497 e. The van der Waals surface area contributed by atoms with Gasteiger partial charge in [-0.15, -0.1) is 5.10 Å². The number of carbonyl (C=O) groups is 2. The monoisotopic (exact) mass is 518 g/mol. The van der Waals surface area contributed by atoms with Crippen LogP contribution >= 0.6 is 11.6 Å². The van der Waals surface area contributed by atoms with E-state index in [0.29, 0.717) is 48.5 Å². The molecule has 1 unspecified atom stereocenters. The van der Waals surface area contributed by atoms with Crippen LogP contribution in [0.5, 0.6) is 5.75 Å². The van der Waals surface area contributed by atoms with E-state index < -0.39 is 0 Å². The molecule has 1 saturated heterocycles. The zero-order valence-corrected chi connectivity index (χ0v) is 21.2. The predicted molar refractivity (Wildman–Crippen MR) is 140 cm³/mol. The van der Waals surface area contributed by atoms with E-state index in [4.69, 9.17) is 16.3 Å². The fraction of sp³-hybridized carbons (Fsp3) is 0.333. The van der Waals surface area contributed by atoms with Crippen LogP contribution in [-0.2, 0) is 0 Å². The molecule has 10 heteroatoms. The molecule has 1 N–H and O–H groups in total. The number of methoxy groups -OCH3 is 1. The Morgan fingerprint density at radius 1 is 1.00 bits per heavy atom. The van der Waals surface area contributed by atoms with Crippen LogP contribution < -0.4 is 10.1 Å². The molecular formula is C27H27ClN6O3. The molecule has 0 spiro atoms. The average molecular weight is 519 g/mol. The predicted octanol–water partition coefficient (Wildman–Crippen LogP) is 3.97. The van der Waals surface area contributed by atoms with E-state index in [1.54, 1.807) is 33.9 Å². The van der Waals surface area contributed by atoms with Crippen molar-refractivity contribution in [2.45, 2.75) is 24.9 Å². The van der Waals surface area contributed by atoms with Crippen LogP contribution in [0.4, 0.5) is 5.69 Å². The number of fused-ring (bicyclic) bond motifs is 1. The van der Waals surface area contributed by atoms with Crippen molar-refractivity contribution in [3.05, 3.63) is 77.1 Å². The van der Waals surface area contributed by atoms with E-state index >= 15 is 0 Å². The second kappa shape index (κ2) is 9.55. The van der Waals surface area contributed by atoms with Gasteiger partial charge in [0.2, 0.25) is 0 Å². The first-order valence-electron chi connectivity index (χ1n) is 12.4. The molecule has 2 amide bonds. The van der Waals surface area contributed by atoms with Gasteiger partial charge in [0.1, 0.15) is 5.75 Å². The topological polar surface area (TPSA) is 92.6 Å². The number of rotatable bonds is 5. The van der Waals surface area contributed by atoms with Gasteiger partial charge in [-0.1, -0.05) is 35.0 Å². The molecule has 0 radical (unpaired) electrons. The molecule has 1 saturated carbocycles. The smallest absolute Gasteiger partial charge is 0.276 e. The first-order chi connectivity index (χ1) is 18.0. The van der Waals surface area contributed by atoms with Crippen molar-refractivity contribution < 1.29 is 14.3 Å². The van der Waals surface area contributed by atoms with E-state index in [0.717, 1.165) is 35.4 Å². The molecule has 37 heavy (non-hydrogen) atoms. The Kier molecular flexibility index (Phi) is 6.08. The first-order valence-corrected chi connectivity index (χ1v) is 12.8. The SMILES string of the molecule is COc1ccc(C2C=C(Cl)c3ccc(C(=O)N4CCN(C(=O)c5cn(C6CC6)nn5)CC4)cc3N2)cc1. The summed E-state index contributed by atoms with van der Waals surface area (Å²) in [5.41, 5.74) is 3.66. The summed E-state index contributed by atoms with van der Waals surface area (Å²) in [5, 5.41) is 12.3. The molecule has 190 valence electrons. The lowest BCUT2D eigenvalue weighted by Gasteiger charge is -2.34. The minimum absolute atomic E-state index is 0.0666. The summed E-state index contributed by atoms with van der Waals surface area (Å²) in [7, 11) is 1.64. The molecule has 2 aromatic carbocycles. The third-order valence-electron chi connectivity index (χ3n) is 7.13. The summed E-state index contributed by atoms with van der Waals surface area (Å²) in [6, 6.07) is 13.6. The molecule has 3 aromatic rings. The minimum atomic E-state index is -0.136. The van der Waals surface area contributed by atoms with Gasteiger partial charge in [-0.25, -0.2) is 4.68 Å². The van der Waals surface area contributed by atoms with Crippen molar-refractivity contribution in [3.8, 4) is 5.75 Å². The van der Waals surface area contributed by atoms with Gasteiger partial charge in [0.05, 0.1) is 25.4 Å². The lowest BCUT2D eigenvalue weighted by atomic mass is 9.98. The molecule has 3 aliphatic rings. The maximum atomic E-state index is 13.3. The zero-order valence-electron chi connectivity index (χ0n) is 20.4. The van der Waals surface area contributed by atoms with Gasteiger partial charge in [0, 0.05) is 48.0 Å². The van der Waals surface area contributed by atoms with E-state index in [9.17, 15) is 9.59 Å². The van der Waals surface area contributed by atoms with Crippen molar-refractivity contribution in [1.82, 2.24) is 24.8 Å². The number of anilines is 1. The minimum Gasteiger partial charge on any atom is -0.497 e. The van der Waals surface area contributed by atoms with Gasteiger partial charge in [-0.2, -0.15) is 0 Å². The van der Waals surface area contributed by atoms with Gasteiger partial charge in [-0.3, -0.25) is 9.59 Å². The summed E-state index contributed by atoms with van der Waals surface area (Å²) >= 11 is 6.60. The zero-order chi connectivity index (χ0) is 25.5. The van der Waals surface area contributed by atoms with Gasteiger partial charge in [-0.05, 0) is 48.7 Å². The number of nitrogens with one attached hydrogen (secondary N) is 1. The number of hydrogen-bond donors (Lipinski definition) is 1. The van der Waals surface area contributed by atoms with Crippen molar-refractivity contribution in [3.63, 3.8) is 0 Å². The van der Waals surface area contributed by atoms with E-state index in [1.807, 2.05) is 42.5 Å². The molecular weight excluding hydrogens is 492 g/mol. The maximum Gasteiger partial charge on any atom is 0.276 e. The van der Waals surface area contributed by atoms with Crippen LogP contribution in [0, 0.1) is 0 Å². The lowest BCUT2D eigenvalue weighted by Crippen LogP contribution is -2.50. The first kappa shape index (κ1) is 23.5. The van der Waals surface area contributed by atoms with Crippen LogP contribution in [0.25, 0.3) is 5.03 Å². The van der Waals surface area contributed by atoms with Crippen LogP contribution in [0.1, 0.15) is 56.9 Å². The van der Waals surface area contributed by atoms with Crippen LogP contribution in [-0.4, -0.2) is 69.9 Å². The number of aromatic nitrogens is 3. The third-order valence-corrected chi connectivity index (χ3v) is 7.46. The number of halogens is 1. The number of benzene rings is 2. The second-order valence-corrected chi connectivity index (χ2v) is 9.98. The van der Waals surface area contributed by atoms with Crippen LogP contribution in [0.15, 0.2) is 54.7 Å². The Balaban J connectivity index is 1.12. The number of hydrogen-bond acceptors (Lipinski definition) is 6. The van der Waals surface area contributed by atoms with Gasteiger partial charge >= 0.3 is 0 Å². The highest BCUT2D eigenvalue weighted by atomic mass is 35.5. The molecule has 2 fully saturated rings. The molecule has 1 atom stereocenters. The molecule has 0 bridgehead atoms. The Bertz CT molecular complexity index is 1370. The highest BCUT2D eigenvalue weighted by Crippen LogP contribution is 2.38. The highest BCUT2D eigenvalue weighted by molar-refractivity contribution is 6.49. The molecule has 2 aliphatic heterocycles. The molecule has 6 rings (SSSR count). The number of carbonyl (C=O) groups excluding carboxylic acids is 2. The standard InChI is InChI=1S/C27H27ClN6O3/c1-37-20-7-2-17(3-8-20)23-15-22(28)21-9-4-18(14-24(21)29-23)26(35)32-10-12-33(13-11-32)27(36)25-16-34(31-30-25)19-5-6-19/h2-4,7-9,14-16,19,23,29H,5-6,10-13H2,1H3. The molecule has 3 heterocycles. The number of piperazine rings is 1. The van der Waals surface area contributed by atoms with Gasteiger partial charge < -0.3 is 19.9 Å². The van der Waals surface area contributed by atoms with E-state index in [1.165, 1.54) is 0 Å². The van der Waals surface area contributed by atoms with Crippen molar-refractivity contribution in [1.29, 1.82) is 0 Å². The van der Waals surface area contributed by atoms with Crippen molar-refractivity contribution in [2.75, 3.05) is 38.6 Å². The number of amides is 2. The highest BCUT2D eigenvalue weighted by Gasteiger charge is 2.30. The lowest BCUT2D eigenvalue weighted by molar-refractivity contribution is 0.0532. The molecule has 1 aromatic heterocycles. The van der Waals surface area contributed by atoms with Crippen molar-refractivity contribution >= 4 is 34.1 Å². The van der Waals surface area contributed by atoms with Gasteiger partial charge in [0.25, 0.3) is 11.8 Å². The van der Waals surface area contributed by atoms with E-state index in [2.05, 4.69) is 15.6 Å². The summed E-state index contributed by atoms with van der Waals surface area (Å²) in [5.74, 6) is 0.584. The summed E-state index contributed by atoms with van der Waals surface area (Å²) in [6.07, 6.45) is 5.87. The van der Waals surface area contributed by atoms with E-state index in [-0.39, 0.29) is 17.9 Å². The number of nitrogens with zero attached hydrogens (tertiary/aromatic N) is 5. The molecule has 9 nitrogen and oxygen atoms in total. The summed E-state index contributed by atoms with van der Waals surface area (Å²) in [4.78, 5) is 29.7. The average Bonchev–Trinajstić information content (AvgIpc) is 3.68. The van der Waals surface area contributed by atoms with Gasteiger partial charge in [0.15, 0.2) is 5.69 Å². The molecule has 1 aliphatic carbocycles. The maximum absolute atomic E-state index is 13.3. The second-order valence-electron chi connectivity index (χ2n) is 9.57. The Labute approximate surface area is 219 Å². The van der Waals surface area contributed by atoms with Crippen LogP contribution in [0.2, 0.25) is 0 Å². The van der Waals surface area contributed by atoms with Crippen LogP contribution in [0.3, 0.4) is 0 Å². The van der Waals surface area contributed by atoms with Crippen molar-refractivity contribution in [2.24, 2.45) is 0 Å². The Morgan fingerprint density at radius 2 is 1.70 bits per heavy atom. The summed E-state index contributed by atoms with van der Waals surface area (Å²) in [6.45, 7) is 1.83. The third kappa shape index (κ3) is 4.67. The fourth-order valence-corrected chi connectivity index (χ4v) is 5.08. The Hall–Kier alpha value is -3.85. The number of ether oxygens (including phenoxy) is 1.